The van der Waals surface area contributed by atoms with Gasteiger partial charge < -0.3 is 10.1 Å². The summed E-state index contributed by atoms with van der Waals surface area (Å²) in [5, 5.41) is 2.86. The average Bonchev–Trinajstić information content (AvgIpc) is 2.28. The van der Waals surface area contributed by atoms with E-state index in [1.165, 1.54) is 0 Å². The molecule has 1 aromatic carbocycles. The van der Waals surface area contributed by atoms with Crippen LogP contribution in [0, 0.1) is 0 Å². The summed E-state index contributed by atoms with van der Waals surface area (Å²) in [4.78, 5) is 0. The lowest BCUT2D eigenvalue weighted by atomic mass is 10.2. The molecule has 0 fully saturated rings. The molecule has 0 saturated carbocycles. The molecule has 1 aromatic rings. The summed E-state index contributed by atoms with van der Waals surface area (Å²) in [5.41, 5.74) is 0.952. The Balaban J connectivity index is 2.24. The van der Waals surface area contributed by atoms with Gasteiger partial charge >= 0.3 is 6.36 Å². The van der Waals surface area contributed by atoms with Crippen LogP contribution in [0.2, 0.25) is 0 Å². The van der Waals surface area contributed by atoms with Crippen LogP contribution in [0.3, 0.4) is 0 Å². The molecule has 6 heteroatoms. The number of halogens is 3. The third kappa shape index (κ3) is 6.46. The molecular formula is C12H16F3NO2. The molecule has 0 aromatic heterocycles. The van der Waals surface area contributed by atoms with Gasteiger partial charge in [0.1, 0.15) is 5.75 Å². The maximum absolute atomic E-state index is 11.7. The fourth-order valence-corrected chi connectivity index (χ4v) is 1.38. The zero-order valence-electron chi connectivity index (χ0n) is 10.1. The molecule has 3 nitrogen and oxygen atoms in total. The van der Waals surface area contributed by atoms with Crippen molar-refractivity contribution in [3.63, 3.8) is 0 Å². The van der Waals surface area contributed by atoms with Gasteiger partial charge in [0.15, 0.2) is 0 Å². The number of nitrogens with one attached hydrogen (secondary N) is 1. The molecule has 0 unspecified atom stereocenters. The van der Waals surface area contributed by atoms with E-state index < -0.39 is 13.0 Å². The molecule has 1 rings (SSSR count). The lowest BCUT2D eigenvalue weighted by molar-refractivity contribution is -0.323. The quantitative estimate of drug-likeness (QED) is 0.767. The van der Waals surface area contributed by atoms with E-state index in [9.17, 15) is 13.2 Å². The Kier molecular flexibility index (Phi) is 5.94. The van der Waals surface area contributed by atoms with Gasteiger partial charge in [0.25, 0.3) is 0 Å². The molecule has 102 valence electrons. The highest BCUT2D eigenvalue weighted by Crippen LogP contribution is 2.15. The minimum Gasteiger partial charge on any atom is -0.494 e. The highest BCUT2D eigenvalue weighted by molar-refractivity contribution is 5.28. The monoisotopic (exact) mass is 263 g/mol. The van der Waals surface area contributed by atoms with Crippen LogP contribution in [0.15, 0.2) is 24.3 Å². The molecule has 0 radical (unpaired) electrons. The average molecular weight is 263 g/mol. The van der Waals surface area contributed by atoms with Crippen LogP contribution in [-0.4, -0.2) is 26.1 Å². The van der Waals surface area contributed by atoms with Crippen LogP contribution in [0.4, 0.5) is 13.2 Å². The number of benzene rings is 1. The maximum atomic E-state index is 11.7. The van der Waals surface area contributed by atoms with Crippen LogP contribution in [0.1, 0.15) is 12.5 Å². The van der Waals surface area contributed by atoms with Crippen LogP contribution in [0.5, 0.6) is 5.75 Å². The second-order valence-electron chi connectivity index (χ2n) is 3.55. The van der Waals surface area contributed by atoms with Crippen molar-refractivity contribution in [1.82, 2.24) is 5.32 Å². The van der Waals surface area contributed by atoms with Crippen molar-refractivity contribution in [3.8, 4) is 5.75 Å². The first kappa shape index (κ1) is 14.8. The Morgan fingerprint density at radius 3 is 2.72 bits per heavy atom. The predicted octanol–water partition coefficient (Wildman–Crippen LogP) is 2.71. The highest BCUT2D eigenvalue weighted by Gasteiger charge is 2.28. The Bertz CT molecular complexity index is 355. The molecule has 18 heavy (non-hydrogen) atoms. The lowest BCUT2D eigenvalue weighted by Gasteiger charge is -2.09. The number of ether oxygens (including phenoxy) is 2. The van der Waals surface area contributed by atoms with Gasteiger partial charge in [-0.3, -0.25) is 4.74 Å². The number of rotatable bonds is 7. The van der Waals surface area contributed by atoms with Crippen molar-refractivity contribution in [2.24, 2.45) is 0 Å². The Labute approximate surface area is 104 Å². The van der Waals surface area contributed by atoms with E-state index >= 15 is 0 Å². The standard InChI is InChI=1S/C12H16F3NO2/c1-2-17-11-5-3-4-10(8-11)9-16-6-7-18-12(13,14)15/h3-5,8,16H,2,6-7,9H2,1H3. The summed E-state index contributed by atoms with van der Waals surface area (Å²) in [6, 6.07) is 7.40. The van der Waals surface area contributed by atoms with Crippen LogP contribution >= 0.6 is 0 Å². The fourth-order valence-electron chi connectivity index (χ4n) is 1.38. The van der Waals surface area contributed by atoms with E-state index in [1.54, 1.807) is 0 Å². The largest absolute Gasteiger partial charge is 0.522 e. The van der Waals surface area contributed by atoms with Crippen molar-refractivity contribution >= 4 is 0 Å². The molecule has 0 spiro atoms. The minimum atomic E-state index is -4.56. The predicted molar refractivity (Wildman–Crippen MR) is 61.3 cm³/mol. The van der Waals surface area contributed by atoms with E-state index in [1.807, 2.05) is 31.2 Å². The van der Waals surface area contributed by atoms with Crippen molar-refractivity contribution in [1.29, 1.82) is 0 Å². The Morgan fingerprint density at radius 1 is 1.28 bits per heavy atom. The fraction of sp³-hybridized carbons (Fsp3) is 0.500. The lowest BCUT2D eigenvalue weighted by Crippen LogP contribution is -2.23. The number of hydrogen-bond acceptors (Lipinski definition) is 3. The first-order chi connectivity index (χ1) is 8.51. The summed E-state index contributed by atoms with van der Waals surface area (Å²) < 4.78 is 44.0. The van der Waals surface area contributed by atoms with Crippen LogP contribution in [0.25, 0.3) is 0 Å². The third-order valence-electron chi connectivity index (χ3n) is 2.08. The van der Waals surface area contributed by atoms with E-state index in [4.69, 9.17) is 4.74 Å². The van der Waals surface area contributed by atoms with Gasteiger partial charge in [-0.25, -0.2) is 0 Å². The molecular weight excluding hydrogens is 247 g/mol. The molecule has 0 aliphatic rings. The summed E-state index contributed by atoms with van der Waals surface area (Å²) in [7, 11) is 0. The second kappa shape index (κ2) is 7.23. The maximum Gasteiger partial charge on any atom is 0.522 e. The molecule has 1 N–H and O–H groups in total. The molecule has 0 aliphatic heterocycles. The summed E-state index contributed by atoms with van der Waals surface area (Å²) in [6.45, 7) is 2.69. The van der Waals surface area contributed by atoms with Crippen molar-refractivity contribution in [3.05, 3.63) is 29.8 Å². The molecule has 0 aliphatic carbocycles. The molecule has 0 bridgehead atoms. The minimum absolute atomic E-state index is 0.137. The van der Waals surface area contributed by atoms with E-state index in [0.717, 1.165) is 11.3 Å². The van der Waals surface area contributed by atoms with Gasteiger partial charge in [-0.15, -0.1) is 13.2 Å². The third-order valence-corrected chi connectivity index (χ3v) is 2.08. The van der Waals surface area contributed by atoms with Gasteiger partial charge in [0.2, 0.25) is 0 Å². The Morgan fingerprint density at radius 2 is 2.06 bits per heavy atom. The molecule has 0 heterocycles. The zero-order valence-corrected chi connectivity index (χ0v) is 10.1. The van der Waals surface area contributed by atoms with Crippen molar-refractivity contribution in [2.45, 2.75) is 19.8 Å². The van der Waals surface area contributed by atoms with Crippen molar-refractivity contribution in [2.75, 3.05) is 19.8 Å². The van der Waals surface area contributed by atoms with E-state index in [-0.39, 0.29) is 6.54 Å². The topological polar surface area (TPSA) is 30.5 Å². The first-order valence-electron chi connectivity index (χ1n) is 5.64. The summed E-state index contributed by atoms with van der Waals surface area (Å²) in [5.74, 6) is 0.753. The Hall–Kier alpha value is -1.27. The smallest absolute Gasteiger partial charge is 0.494 e. The van der Waals surface area contributed by atoms with Gasteiger partial charge in [0, 0.05) is 13.1 Å². The molecule has 0 atom stereocenters. The number of hydrogen-bond donors (Lipinski definition) is 1. The SMILES string of the molecule is CCOc1cccc(CNCCOC(F)(F)F)c1. The normalized spacial score (nSPS) is 11.6. The van der Waals surface area contributed by atoms with Gasteiger partial charge in [0.05, 0.1) is 13.2 Å². The zero-order chi connectivity index (χ0) is 13.4. The van der Waals surface area contributed by atoms with Crippen LogP contribution < -0.4 is 10.1 Å². The second-order valence-corrected chi connectivity index (χ2v) is 3.55. The van der Waals surface area contributed by atoms with E-state index in [0.29, 0.717) is 13.2 Å². The molecule has 0 amide bonds. The van der Waals surface area contributed by atoms with Gasteiger partial charge in [-0.2, -0.15) is 0 Å². The van der Waals surface area contributed by atoms with Gasteiger partial charge in [-0.05, 0) is 24.6 Å². The summed E-state index contributed by atoms with van der Waals surface area (Å²) >= 11 is 0. The summed E-state index contributed by atoms with van der Waals surface area (Å²) in [6.07, 6.45) is -4.56. The highest BCUT2D eigenvalue weighted by atomic mass is 19.4. The van der Waals surface area contributed by atoms with Crippen molar-refractivity contribution < 1.29 is 22.6 Å². The molecule has 0 saturated heterocycles. The van der Waals surface area contributed by atoms with Gasteiger partial charge in [-0.1, -0.05) is 12.1 Å². The first-order valence-corrected chi connectivity index (χ1v) is 5.64. The van der Waals surface area contributed by atoms with E-state index in [2.05, 4.69) is 10.1 Å². The number of alkyl halides is 3. The van der Waals surface area contributed by atoms with Crippen LogP contribution in [-0.2, 0) is 11.3 Å².